The van der Waals surface area contributed by atoms with Crippen molar-refractivity contribution in [1.82, 2.24) is 18.6 Å². The maximum Gasteiger partial charge on any atom is 0.494 e. The number of benzene rings is 2. The van der Waals surface area contributed by atoms with Gasteiger partial charge in [0.25, 0.3) is 0 Å². The fourth-order valence-corrected chi connectivity index (χ4v) is 9.49. The number of aromatic nitrogens is 2. The molecule has 0 bridgehead atoms. The van der Waals surface area contributed by atoms with Gasteiger partial charge in [-0.2, -0.15) is 19.1 Å². The van der Waals surface area contributed by atoms with Gasteiger partial charge >= 0.3 is 7.12 Å². The van der Waals surface area contributed by atoms with E-state index in [2.05, 4.69) is 25.9 Å². The second-order valence-corrected chi connectivity index (χ2v) is 23.0. The summed E-state index contributed by atoms with van der Waals surface area (Å²) >= 11 is 28.4. The van der Waals surface area contributed by atoms with Crippen LogP contribution in [-0.4, -0.2) is 80.3 Å². The molecule has 1 saturated heterocycles. The van der Waals surface area contributed by atoms with Gasteiger partial charge in [0.1, 0.15) is 12.1 Å². The number of nitriles is 2. The average molecular weight is 1030 g/mol. The summed E-state index contributed by atoms with van der Waals surface area (Å²) in [6.07, 6.45) is 12.8. The minimum absolute atomic E-state index is 0.225. The molecule has 330 valence electrons. The third-order valence-electron chi connectivity index (χ3n) is 11.4. The highest BCUT2D eigenvalue weighted by Crippen LogP contribution is 2.49. The molecule has 0 radical (unpaired) electrons. The SMILES string of the molecule is CC1(C)OB(c2ccc(C#N)c(Cl)c2)OC1(C)C.CN(C(c1cncc(-c2ccc(C#N)c(Cl)c2)c1Cl)C1CC1)S(C)(=O)=O.CN(C(c1cncc(Br)c1Cl)C1CC1)S(C)(=O)=O. The fourth-order valence-electron chi connectivity index (χ4n) is 6.76. The Hall–Kier alpha value is -2.84. The summed E-state index contributed by atoms with van der Waals surface area (Å²) in [5.74, 6) is 0.562. The summed E-state index contributed by atoms with van der Waals surface area (Å²) in [7, 11) is -3.91. The van der Waals surface area contributed by atoms with Gasteiger partial charge in [-0.3, -0.25) is 9.97 Å². The molecule has 20 heteroatoms. The van der Waals surface area contributed by atoms with E-state index in [0.717, 1.165) is 42.3 Å². The molecule has 2 aromatic heterocycles. The van der Waals surface area contributed by atoms with Crippen LogP contribution in [-0.2, 0) is 29.4 Å². The molecule has 4 aromatic rings. The molecule has 62 heavy (non-hydrogen) atoms. The van der Waals surface area contributed by atoms with Crippen LogP contribution in [0.25, 0.3) is 11.1 Å². The molecule has 2 unspecified atom stereocenters. The molecule has 3 heterocycles. The summed E-state index contributed by atoms with van der Waals surface area (Å²) in [6, 6.07) is 13.7. The lowest BCUT2D eigenvalue weighted by Crippen LogP contribution is -2.41. The van der Waals surface area contributed by atoms with Crippen LogP contribution in [0, 0.1) is 34.5 Å². The Labute approximate surface area is 393 Å². The van der Waals surface area contributed by atoms with E-state index >= 15 is 0 Å². The van der Waals surface area contributed by atoms with Crippen molar-refractivity contribution in [2.45, 2.75) is 76.7 Å². The largest absolute Gasteiger partial charge is 0.494 e. The monoisotopic (exact) mass is 1020 g/mol. The zero-order valence-corrected chi connectivity index (χ0v) is 41.6. The van der Waals surface area contributed by atoms with Gasteiger partial charge in [-0.25, -0.2) is 16.8 Å². The molecule has 1 aliphatic heterocycles. The van der Waals surface area contributed by atoms with E-state index in [1.807, 2.05) is 45.9 Å². The van der Waals surface area contributed by atoms with Gasteiger partial charge in [-0.1, -0.05) is 58.5 Å². The maximum atomic E-state index is 12.1. The van der Waals surface area contributed by atoms with Crippen molar-refractivity contribution >= 4 is 95.0 Å². The topological polar surface area (TPSA) is 167 Å². The van der Waals surface area contributed by atoms with E-state index < -0.39 is 27.2 Å². The maximum absolute atomic E-state index is 12.1. The zero-order chi connectivity index (χ0) is 46.1. The average Bonchev–Trinajstić information content (AvgIpc) is 4.13. The number of pyridine rings is 2. The molecule has 3 aliphatic rings. The summed E-state index contributed by atoms with van der Waals surface area (Å²) in [5, 5.41) is 19.6. The van der Waals surface area contributed by atoms with E-state index in [9.17, 15) is 16.8 Å². The standard InChI is InChI=1S/C18H17Cl2N3O2S.C13H15BClNO2.C11H14BrClN2O2S/c1-23(26(2,24)25)18(11-3-4-11)15-10-22-9-14(17(15)20)12-5-6-13(8-21)16(19)7-12;1-12(2)13(3,4)18-14(17-12)10-6-5-9(8-16)11(15)7-10;1-15(18(2,16)17)11(7-3-4-7)8-5-14-6-9(12)10(8)13/h5-7,9-11,18H,3-4H2,1-2H3;5-7H,1-4H3;5-7,11H,3-4H2,1-2H3. The van der Waals surface area contributed by atoms with Crippen molar-refractivity contribution in [2.75, 3.05) is 26.6 Å². The van der Waals surface area contributed by atoms with Crippen molar-refractivity contribution in [1.29, 1.82) is 10.5 Å². The van der Waals surface area contributed by atoms with Crippen LogP contribution in [0.4, 0.5) is 0 Å². The molecule has 2 aromatic carbocycles. The van der Waals surface area contributed by atoms with Crippen molar-refractivity contribution < 1.29 is 26.1 Å². The van der Waals surface area contributed by atoms with Gasteiger partial charge in [0.15, 0.2) is 0 Å². The van der Waals surface area contributed by atoms with Crippen molar-refractivity contribution in [3.8, 4) is 23.3 Å². The molecular formula is C42H46BBrCl4N6O6S2. The Morgan fingerprint density at radius 2 is 1.16 bits per heavy atom. The molecule has 3 fully saturated rings. The molecule has 0 spiro atoms. The van der Waals surface area contributed by atoms with E-state index in [-0.39, 0.29) is 29.2 Å². The molecular weight excluding hydrogens is 981 g/mol. The van der Waals surface area contributed by atoms with Gasteiger partial charge in [-0.05, 0) is 116 Å². The quantitative estimate of drug-likeness (QED) is 0.140. The molecule has 0 amide bonds. The van der Waals surface area contributed by atoms with Gasteiger partial charge in [0.05, 0.1) is 71.5 Å². The molecule has 2 atom stereocenters. The summed E-state index contributed by atoms with van der Waals surface area (Å²) in [6.45, 7) is 7.99. The summed E-state index contributed by atoms with van der Waals surface area (Å²) < 4.78 is 62.9. The highest BCUT2D eigenvalue weighted by atomic mass is 79.9. The molecule has 7 rings (SSSR count). The lowest BCUT2D eigenvalue weighted by atomic mass is 9.79. The summed E-state index contributed by atoms with van der Waals surface area (Å²) in [4.78, 5) is 8.36. The van der Waals surface area contributed by atoms with Crippen LogP contribution in [0.5, 0.6) is 0 Å². The Morgan fingerprint density at radius 1 is 0.726 bits per heavy atom. The fraction of sp³-hybridized carbons (Fsp3) is 0.429. The Kier molecular flexibility index (Phi) is 16.0. The van der Waals surface area contributed by atoms with E-state index in [1.165, 1.54) is 21.1 Å². The third kappa shape index (κ3) is 11.7. The first-order chi connectivity index (χ1) is 28.8. The number of hydrogen-bond donors (Lipinski definition) is 0. The Balaban J connectivity index is 0.000000181. The first kappa shape index (κ1) is 50.2. The van der Waals surface area contributed by atoms with Gasteiger partial charge in [-0.15, -0.1) is 0 Å². The lowest BCUT2D eigenvalue weighted by Gasteiger charge is -2.32. The normalized spacial score (nSPS) is 17.9. The number of halogens is 5. The minimum atomic E-state index is -3.38. The smallest absolute Gasteiger partial charge is 0.399 e. The van der Waals surface area contributed by atoms with Gasteiger partial charge in [0, 0.05) is 55.6 Å². The predicted octanol–water partition coefficient (Wildman–Crippen LogP) is 9.62. The Morgan fingerprint density at radius 3 is 1.58 bits per heavy atom. The summed E-state index contributed by atoms with van der Waals surface area (Å²) in [5.41, 5.74) is 3.74. The van der Waals surface area contributed by atoms with Crippen molar-refractivity contribution in [3.63, 3.8) is 0 Å². The zero-order valence-electron chi connectivity index (χ0n) is 35.3. The van der Waals surface area contributed by atoms with E-state index in [1.54, 1.807) is 69.2 Å². The lowest BCUT2D eigenvalue weighted by molar-refractivity contribution is 0.00578. The second-order valence-electron chi connectivity index (χ2n) is 16.5. The minimum Gasteiger partial charge on any atom is -0.399 e. The number of hydrogen-bond acceptors (Lipinski definition) is 10. The van der Waals surface area contributed by atoms with Crippen LogP contribution in [0.1, 0.15) is 87.7 Å². The highest BCUT2D eigenvalue weighted by Gasteiger charge is 2.52. The van der Waals surface area contributed by atoms with Crippen LogP contribution in [0.3, 0.4) is 0 Å². The van der Waals surface area contributed by atoms with Crippen LogP contribution in [0.15, 0.2) is 65.7 Å². The highest BCUT2D eigenvalue weighted by molar-refractivity contribution is 9.10. The predicted molar refractivity (Wildman–Crippen MR) is 249 cm³/mol. The van der Waals surface area contributed by atoms with Crippen LogP contribution >= 0.6 is 62.3 Å². The Bertz CT molecular complexity index is 2620. The third-order valence-corrected chi connectivity index (χ3v) is 16.3. The first-order valence-corrected chi connectivity index (χ1v) is 25.4. The number of rotatable bonds is 10. The number of sulfonamides is 2. The molecule has 2 saturated carbocycles. The van der Waals surface area contributed by atoms with Gasteiger partial charge < -0.3 is 9.31 Å². The number of nitrogens with zero attached hydrogens (tertiary/aromatic N) is 6. The van der Waals surface area contributed by atoms with Crippen molar-refractivity contribution in [3.05, 3.63) is 108 Å². The van der Waals surface area contributed by atoms with E-state index in [4.69, 9.17) is 66.2 Å². The van der Waals surface area contributed by atoms with E-state index in [0.29, 0.717) is 52.7 Å². The van der Waals surface area contributed by atoms with Crippen molar-refractivity contribution in [2.24, 2.45) is 11.8 Å². The first-order valence-electron chi connectivity index (χ1n) is 19.4. The second kappa shape index (κ2) is 19.7. The molecule has 0 N–H and O–H groups in total. The molecule has 2 aliphatic carbocycles. The van der Waals surface area contributed by atoms with Crippen LogP contribution in [0.2, 0.25) is 20.1 Å². The van der Waals surface area contributed by atoms with Gasteiger partial charge in [0.2, 0.25) is 20.0 Å². The van der Waals surface area contributed by atoms with Crippen LogP contribution < -0.4 is 5.46 Å². The molecule has 12 nitrogen and oxygen atoms in total.